The van der Waals surface area contributed by atoms with Gasteiger partial charge in [-0.25, -0.2) is 9.78 Å². The van der Waals surface area contributed by atoms with Crippen molar-refractivity contribution in [3.63, 3.8) is 0 Å². The number of aromatic nitrogens is 2. The highest BCUT2D eigenvalue weighted by atomic mass is 16.7. The van der Waals surface area contributed by atoms with Gasteiger partial charge in [-0.3, -0.25) is 4.90 Å². The van der Waals surface area contributed by atoms with E-state index in [9.17, 15) is 4.79 Å². The summed E-state index contributed by atoms with van der Waals surface area (Å²) in [5.74, 6) is -0.0964. The van der Waals surface area contributed by atoms with Crippen molar-refractivity contribution in [2.75, 3.05) is 19.8 Å². The monoisotopic (exact) mass is 433 g/mol. The molecule has 3 aromatic rings. The number of amides is 1. The number of H-pyrrole nitrogens is 1. The van der Waals surface area contributed by atoms with Crippen molar-refractivity contribution in [2.24, 2.45) is 0 Å². The molecule has 0 bridgehead atoms. The summed E-state index contributed by atoms with van der Waals surface area (Å²) in [6.45, 7) is 6.95. The van der Waals surface area contributed by atoms with Crippen molar-refractivity contribution in [1.82, 2.24) is 14.9 Å². The molecule has 0 saturated carbocycles. The summed E-state index contributed by atoms with van der Waals surface area (Å²) in [6, 6.07) is 12.5. The van der Waals surface area contributed by atoms with Crippen LogP contribution in [0.2, 0.25) is 0 Å². The van der Waals surface area contributed by atoms with E-state index in [0.29, 0.717) is 32.0 Å². The number of hydrogen-bond donors (Lipinski definition) is 1. The van der Waals surface area contributed by atoms with Gasteiger partial charge >= 0.3 is 6.09 Å². The van der Waals surface area contributed by atoms with Gasteiger partial charge in [0.25, 0.3) is 0 Å². The first-order valence-electron chi connectivity index (χ1n) is 11.0. The Morgan fingerprint density at radius 1 is 1.19 bits per heavy atom. The summed E-state index contributed by atoms with van der Waals surface area (Å²) < 4.78 is 17.5. The highest BCUT2D eigenvalue weighted by Crippen LogP contribution is 2.42. The van der Waals surface area contributed by atoms with Crippen LogP contribution in [-0.4, -0.2) is 60.0 Å². The van der Waals surface area contributed by atoms with Crippen LogP contribution in [0, 0.1) is 0 Å². The highest BCUT2D eigenvalue weighted by Gasteiger charge is 2.52. The van der Waals surface area contributed by atoms with Crippen molar-refractivity contribution in [2.45, 2.75) is 44.6 Å². The number of carbonyl (C=O) groups excluding carboxylic acids is 1. The predicted octanol–water partition coefficient (Wildman–Crippen LogP) is 2.91. The van der Waals surface area contributed by atoms with Gasteiger partial charge in [0.2, 0.25) is 0 Å². The number of carbonyl (C=O) groups is 1. The maximum absolute atomic E-state index is 13.0. The molecule has 8 heteroatoms. The lowest BCUT2D eigenvalue weighted by atomic mass is 9.93. The number of nitrogens with one attached hydrogen (secondary N) is 1. The van der Waals surface area contributed by atoms with Gasteiger partial charge in [-0.2, -0.15) is 0 Å². The van der Waals surface area contributed by atoms with Crippen molar-refractivity contribution >= 4 is 30.2 Å². The smallest absolute Gasteiger partial charge is 0.411 e. The van der Waals surface area contributed by atoms with Crippen LogP contribution in [0.1, 0.15) is 39.1 Å². The maximum Gasteiger partial charge on any atom is 0.411 e. The molecule has 1 amide bonds. The number of imidazole rings is 1. The second-order valence-corrected chi connectivity index (χ2v) is 9.68. The molecule has 1 aromatic heterocycles. The zero-order valence-electron chi connectivity index (χ0n) is 19.0. The molecular weight excluding hydrogens is 405 g/mol. The lowest BCUT2D eigenvalue weighted by Gasteiger charge is -2.27. The molecule has 0 radical (unpaired) electrons. The molecule has 0 aliphatic carbocycles. The molecule has 2 aliphatic heterocycles. The van der Waals surface area contributed by atoms with E-state index in [1.54, 1.807) is 4.90 Å². The van der Waals surface area contributed by atoms with Crippen LogP contribution in [0.5, 0.6) is 0 Å². The maximum atomic E-state index is 13.0. The first kappa shape index (κ1) is 21.0. The van der Waals surface area contributed by atoms with Gasteiger partial charge in [-0.15, -0.1) is 0 Å². The minimum Gasteiger partial charge on any atom is -0.444 e. The summed E-state index contributed by atoms with van der Waals surface area (Å²) >= 11 is 0. The van der Waals surface area contributed by atoms with Crippen LogP contribution < -0.4 is 5.46 Å². The molecule has 2 saturated heterocycles. The molecule has 1 spiro atoms. The quantitative estimate of drug-likeness (QED) is 0.629. The van der Waals surface area contributed by atoms with E-state index in [4.69, 9.17) is 14.2 Å². The molecule has 166 valence electrons. The average molecular weight is 433 g/mol. The van der Waals surface area contributed by atoms with Crippen molar-refractivity contribution < 1.29 is 19.0 Å². The van der Waals surface area contributed by atoms with Crippen LogP contribution in [-0.2, 0) is 14.2 Å². The molecule has 5 rings (SSSR count). The van der Waals surface area contributed by atoms with E-state index < -0.39 is 17.5 Å². The standard InChI is InChI=1S/C24H28BN3O4/c1-23(2,3)32-22(29)28-14-24(30-8-9-31-24)12-20(28)21-26-13-19(27-21)17-5-4-16-11-18(25)7-6-15(16)10-17/h4-7,10-11,13,20H,8-9,12,14,25H2,1-3H3,(H,26,27)/t20-/m0/s1. The van der Waals surface area contributed by atoms with Gasteiger partial charge in [0.15, 0.2) is 5.79 Å². The zero-order valence-corrected chi connectivity index (χ0v) is 19.0. The lowest BCUT2D eigenvalue weighted by molar-refractivity contribution is -0.145. The zero-order chi connectivity index (χ0) is 22.5. The van der Waals surface area contributed by atoms with Gasteiger partial charge in [0, 0.05) is 12.0 Å². The predicted molar refractivity (Wildman–Crippen MR) is 125 cm³/mol. The van der Waals surface area contributed by atoms with Crippen molar-refractivity contribution in [3.05, 3.63) is 48.4 Å². The molecule has 3 heterocycles. The molecule has 0 unspecified atom stereocenters. The fraction of sp³-hybridized carbons (Fsp3) is 0.417. The number of ether oxygens (including phenoxy) is 3. The SMILES string of the molecule is Bc1ccc2cc(-c3cnc([C@@H]4CC5(CN4C(=O)OC(C)(C)C)OCCO5)[nH]3)ccc2c1. The third-order valence-electron chi connectivity index (χ3n) is 5.95. The first-order chi connectivity index (χ1) is 15.2. The van der Waals surface area contributed by atoms with E-state index in [1.807, 2.05) is 27.0 Å². The Bertz CT molecular complexity index is 1160. The largest absolute Gasteiger partial charge is 0.444 e. The van der Waals surface area contributed by atoms with Gasteiger partial charge in [0.1, 0.15) is 19.3 Å². The van der Waals surface area contributed by atoms with Crippen molar-refractivity contribution in [1.29, 1.82) is 0 Å². The summed E-state index contributed by atoms with van der Waals surface area (Å²) in [4.78, 5) is 22.7. The van der Waals surface area contributed by atoms with Gasteiger partial charge in [-0.05, 0) is 37.6 Å². The number of benzene rings is 2. The molecular formula is C24H28BN3O4. The van der Waals surface area contributed by atoms with Gasteiger partial charge in [0.05, 0.1) is 37.7 Å². The molecule has 2 aliphatic rings. The van der Waals surface area contributed by atoms with Gasteiger partial charge < -0.3 is 19.2 Å². The Hall–Kier alpha value is -2.84. The Balaban J connectivity index is 1.45. The van der Waals surface area contributed by atoms with Crippen LogP contribution in [0.3, 0.4) is 0 Å². The lowest BCUT2D eigenvalue weighted by Crippen LogP contribution is -2.40. The van der Waals surface area contributed by atoms with E-state index in [2.05, 4.69) is 54.2 Å². The molecule has 1 N–H and O–H groups in total. The first-order valence-corrected chi connectivity index (χ1v) is 11.0. The third kappa shape index (κ3) is 4.00. The van der Waals surface area contributed by atoms with E-state index in [0.717, 1.165) is 11.3 Å². The third-order valence-corrected chi connectivity index (χ3v) is 5.95. The second kappa shape index (κ2) is 7.64. The van der Waals surface area contributed by atoms with Crippen LogP contribution in [0.15, 0.2) is 42.6 Å². The Kier molecular flexibility index (Phi) is 5.02. The van der Waals surface area contributed by atoms with E-state index in [-0.39, 0.29) is 6.04 Å². The van der Waals surface area contributed by atoms with Crippen LogP contribution in [0.4, 0.5) is 4.79 Å². The second-order valence-electron chi connectivity index (χ2n) is 9.68. The molecule has 32 heavy (non-hydrogen) atoms. The number of hydrogen-bond acceptors (Lipinski definition) is 5. The Labute approximate surface area is 188 Å². The van der Waals surface area contributed by atoms with Crippen molar-refractivity contribution in [3.8, 4) is 11.3 Å². The van der Waals surface area contributed by atoms with E-state index >= 15 is 0 Å². The molecule has 7 nitrogen and oxygen atoms in total. The topological polar surface area (TPSA) is 76.7 Å². The normalized spacial score (nSPS) is 20.3. The average Bonchev–Trinajstić information content (AvgIpc) is 3.47. The number of likely N-dealkylation sites (tertiary alicyclic amines) is 1. The molecule has 2 fully saturated rings. The van der Waals surface area contributed by atoms with Gasteiger partial charge in [-0.1, -0.05) is 35.8 Å². The summed E-state index contributed by atoms with van der Waals surface area (Å²) in [5.41, 5.74) is 2.60. The minimum absolute atomic E-state index is 0.317. The summed E-state index contributed by atoms with van der Waals surface area (Å²) in [5, 5.41) is 2.38. The van der Waals surface area contributed by atoms with Crippen LogP contribution >= 0.6 is 0 Å². The van der Waals surface area contributed by atoms with Crippen LogP contribution in [0.25, 0.3) is 22.0 Å². The summed E-state index contributed by atoms with van der Waals surface area (Å²) in [6.07, 6.45) is 1.94. The van der Waals surface area contributed by atoms with E-state index in [1.165, 1.54) is 16.2 Å². The summed E-state index contributed by atoms with van der Waals surface area (Å²) in [7, 11) is 2.09. The fourth-order valence-electron chi connectivity index (χ4n) is 4.49. The Morgan fingerprint density at radius 2 is 1.91 bits per heavy atom. The Morgan fingerprint density at radius 3 is 2.66 bits per heavy atom. The molecule has 2 aromatic carbocycles. The number of rotatable bonds is 2. The number of fused-ring (bicyclic) bond motifs is 1. The fourth-order valence-corrected chi connectivity index (χ4v) is 4.49. The molecule has 1 atom stereocenters. The number of nitrogens with zero attached hydrogens (tertiary/aromatic N) is 2. The number of aromatic amines is 1. The highest BCUT2D eigenvalue weighted by molar-refractivity contribution is 6.33. The minimum atomic E-state index is -0.796.